The largest absolute Gasteiger partial charge is 0.476 e. The Hall–Kier alpha value is -3.07. The number of benzene rings is 2. The van der Waals surface area contributed by atoms with E-state index in [1.165, 1.54) is 4.31 Å². The summed E-state index contributed by atoms with van der Waals surface area (Å²) in [5.41, 5.74) is 1.06. The number of nitrogens with one attached hydrogen (secondary N) is 2. The Bertz CT molecular complexity index is 1070. The van der Waals surface area contributed by atoms with E-state index in [1.54, 1.807) is 55.5 Å². The van der Waals surface area contributed by atoms with E-state index >= 15 is 0 Å². The van der Waals surface area contributed by atoms with Gasteiger partial charge in [-0.15, -0.1) is 0 Å². The number of sulfonamides is 1. The summed E-state index contributed by atoms with van der Waals surface area (Å²) in [5, 5.41) is 5.60. The van der Waals surface area contributed by atoms with Crippen LogP contribution in [-0.4, -0.2) is 44.7 Å². The molecule has 3 rings (SSSR count). The summed E-state index contributed by atoms with van der Waals surface area (Å²) in [6.45, 7) is 5.26. The first-order valence-electron chi connectivity index (χ1n) is 10.2. The monoisotopic (exact) mass is 445 g/mol. The summed E-state index contributed by atoms with van der Waals surface area (Å²) in [5.74, 6) is -0.618. The molecular formula is C22H27N3O5S. The van der Waals surface area contributed by atoms with Crippen LogP contribution in [0.2, 0.25) is 0 Å². The van der Waals surface area contributed by atoms with Crippen LogP contribution in [0.5, 0.6) is 5.75 Å². The molecule has 8 nitrogen and oxygen atoms in total. The maximum Gasteiger partial charge on any atom is 0.267 e. The van der Waals surface area contributed by atoms with Crippen LogP contribution in [0.4, 0.5) is 11.4 Å². The average Bonchev–Trinajstić information content (AvgIpc) is 2.78. The molecule has 166 valence electrons. The Morgan fingerprint density at radius 2 is 1.81 bits per heavy atom. The van der Waals surface area contributed by atoms with Gasteiger partial charge in [0.1, 0.15) is 5.75 Å². The van der Waals surface area contributed by atoms with Gasteiger partial charge in [0.05, 0.1) is 29.2 Å². The van der Waals surface area contributed by atoms with Crippen LogP contribution in [0.25, 0.3) is 0 Å². The van der Waals surface area contributed by atoms with Gasteiger partial charge < -0.3 is 15.4 Å². The fourth-order valence-electron chi connectivity index (χ4n) is 3.16. The highest BCUT2D eigenvalue weighted by molar-refractivity contribution is 7.92. The molecule has 2 aromatic rings. The van der Waals surface area contributed by atoms with Gasteiger partial charge in [-0.05, 0) is 44.5 Å². The van der Waals surface area contributed by atoms with Gasteiger partial charge in [-0.2, -0.15) is 0 Å². The van der Waals surface area contributed by atoms with E-state index in [0.29, 0.717) is 22.7 Å². The molecule has 31 heavy (non-hydrogen) atoms. The SMILES string of the molecule is CC[C@H](C)NC(=O)c1ccccc1NC(=O)[C@@H]1CN(S(=O)(=O)CC)c2ccccc2O1. The van der Waals surface area contributed by atoms with Crippen molar-refractivity contribution < 1.29 is 22.7 Å². The number of fused-ring (bicyclic) bond motifs is 1. The van der Waals surface area contributed by atoms with E-state index in [1.807, 2.05) is 13.8 Å². The first-order valence-corrected chi connectivity index (χ1v) is 11.8. The molecule has 0 radical (unpaired) electrons. The number of carbonyl (C=O) groups is 2. The highest BCUT2D eigenvalue weighted by atomic mass is 32.2. The molecule has 1 aliphatic rings. The Kier molecular flexibility index (Phi) is 6.84. The lowest BCUT2D eigenvalue weighted by atomic mass is 10.1. The van der Waals surface area contributed by atoms with Crippen molar-refractivity contribution in [3.05, 3.63) is 54.1 Å². The molecule has 2 aromatic carbocycles. The van der Waals surface area contributed by atoms with Crippen molar-refractivity contribution in [1.82, 2.24) is 5.32 Å². The van der Waals surface area contributed by atoms with Gasteiger partial charge >= 0.3 is 0 Å². The van der Waals surface area contributed by atoms with E-state index in [0.717, 1.165) is 6.42 Å². The number of hydrogen-bond acceptors (Lipinski definition) is 5. The maximum absolute atomic E-state index is 13.0. The third kappa shape index (κ3) is 4.99. The molecule has 9 heteroatoms. The summed E-state index contributed by atoms with van der Waals surface area (Å²) in [6.07, 6.45) is -0.293. The summed E-state index contributed by atoms with van der Waals surface area (Å²) in [6, 6.07) is 13.4. The predicted molar refractivity (Wildman–Crippen MR) is 120 cm³/mol. The molecular weight excluding hydrogens is 418 g/mol. The van der Waals surface area contributed by atoms with Crippen molar-refractivity contribution in [3.63, 3.8) is 0 Å². The fourth-order valence-corrected chi connectivity index (χ4v) is 4.29. The molecule has 2 N–H and O–H groups in total. The van der Waals surface area contributed by atoms with Crippen molar-refractivity contribution in [2.45, 2.75) is 39.3 Å². The minimum atomic E-state index is -3.60. The molecule has 0 saturated heterocycles. The average molecular weight is 446 g/mol. The topological polar surface area (TPSA) is 105 Å². The molecule has 1 aliphatic heterocycles. The number of carbonyl (C=O) groups excluding carboxylic acids is 2. The van der Waals surface area contributed by atoms with E-state index < -0.39 is 22.0 Å². The minimum absolute atomic E-state index is 0.0118. The van der Waals surface area contributed by atoms with E-state index in [9.17, 15) is 18.0 Å². The predicted octanol–water partition coefficient (Wildman–Crippen LogP) is 2.77. The zero-order valence-corrected chi connectivity index (χ0v) is 18.6. The molecule has 2 amide bonds. The number of anilines is 2. The van der Waals surface area contributed by atoms with Crippen molar-refractivity contribution in [2.24, 2.45) is 0 Å². The number of para-hydroxylation sites is 3. The normalized spacial score (nSPS) is 16.6. The third-order valence-electron chi connectivity index (χ3n) is 5.15. The molecule has 0 spiro atoms. The molecule has 0 fully saturated rings. The smallest absolute Gasteiger partial charge is 0.267 e. The van der Waals surface area contributed by atoms with Gasteiger partial charge in [0.25, 0.3) is 11.8 Å². The number of ether oxygens (including phenoxy) is 1. The van der Waals surface area contributed by atoms with Crippen LogP contribution in [0, 0.1) is 0 Å². The van der Waals surface area contributed by atoms with Crippen molar-refractivity contribution in [3.8, 4) is 5.75 Å². The van der Waals surface area contributed by atoms with Crippen molar-refractivity contribution >= 4 is 33.2 Å². The standard InChI is InChI=1S/C22H27N3O5S/c1-4-15(3)23-21(26)16-10-6-7-11-17(16)24-22(27)20-14-25(31(28,29)5-2)18-12-8-9-13-19(18)30-20/h6-13,15,20H,4-5,14H2,1-3H3,(H,23,26)(H,24,27)/t15-,20-/m0/s1. The van der Waals surface area contributed by atoms with Gasteiger partial charge in [-0.3, -0.25) is 13.9 Å². The minimum Gasteiger partial charge on any atom is -0.476 e. The molecule has 0 bridgehead atoms. The Morgan fingerprint density at radius 1 is 1.13 bits per heavy atom. The van der Waals surface area contributed by atoms with Gasteiger partial charge in [0.2, 0.25) is 10.0 Å². The Morgan fingerprint density at radius 3 is 2.52 bits per heavy atom. The first-order chi connectivity index (χ1) is 14.8. The van der Waals surface area contributed by atoms with Gasteiger partial charge in [0, 0.05) is 6.04 Å². The molecule has 0 aromatic heterocycles. The molecule has 2 atom stereocenters. The summed E-state index contributed by atoms with van der Waals surface area (Å²) >= 11 is 0. The summed E-state index contributed by atoms with van der Waals surface area (Å²) in [4.78, 5) is 25.6. The maximum atomic E-state index is 13.0. The molecule has 0 unspecified atom stereocenters. The number of amides is 2. The van der Waals surface area contributed by atoms with Crippen molar-refractivity contribution in [2.75, 3.05) is 21.9 Å². The Labute approximate surface area is 182 Å². The molecule has 0 aliphatic carbocycles. The van der Waals surface area contributed by atoms with Crippen LogP contribution in [0.1, 0.15) is 37.6 Å². The lowest BCUT2D eigenvalue weighted by molar-refractivity contribution is -0.122. The van der Waals surface area contributed by atoms with Crippen LogP contribution in [0.3, 0.4) is 0 Å². The number of nitrogens with zero attached hydrogens (tertiary/aromatic N) is 1. The Balaban J connectivity index is 1.84. The second-order valence-corrected chi connectivity index (χ2v) is 9.51. The number of hydrogen-bond donors (Lipinski definition) is 2. The lowest BCUT2D eigenvalue weighted by Crippen LogP contribution is -2.49. The van der Waals surface area contributed by atoms with E-state index in [4.69, 9.17) is 4.74 Å². The molecule has 1 heterocycles. The van der Waals surface area contributed by atoms with Crippen LogP contribution in [-0.2, 0) is 14.8 Å². The summed E-state index contributed by atoms with van der Waals surface area (Å²) < 4.78 is 32.2. The van der Waals surface area contributed by atoms with Gasteiger partial charge in [0.15, 0.2) is 6.10 Å². The van der Waals surface area contributed by atoms with Crippen LogP contribution < -0.4 is 19.7 Å². The summed E-state index contributed by atoms with van der Waals surface area (Å²) in [7, 11) is -3.60. The zero-order valence-electron chi connectivity index (χ0n) is 17.8. The van der Waals surface area contributed by atoms with Crippen molar-refractivity contribution in [1.29, 1.82) is 0 Å². The van der Waals surface area contributed by atoms with E-state index in [2.05, 4.69) is 10.6 Å². The fraction of sp³-hybridized carbons (Fsp3) is 0.364. The highest BCUT2D eigenvalue weighted by Crippen LogP contribution is 2.35. The first kappa shape index (κ1) is 22.6. The number of rotatable bonds is 7. The van der Waals surface area contributed by atoms with Crippen LogP contribution in [0.15, 0.2) is 48.5 Å². The quantitative estimate of drug-likeness (QED) is 0.682. The zero-order chi connectivity index (χ0) is 22.6. The second kappa shape index (κ2) is 9.38. The van der Waals surface area contributed by atoms with Gasteiger partial charge in [-0.25, -0.2) is 8.42 Å². The second-order valence-electron chi connectivity index (χ2n) is 7.32. The third-order valence-corrected chi connectivity index (χ3v) is 6.89. The lowest BCUT2D eigenvalue weighted by Gasteiger charge is -2.34. The molecule has 0 saturated carbocycles. The van der Waals surface area contributed by atoms with E-state index in [-0.39, 0.29) is 24.2 Å². The van der Waals surface area contributed by atoms with Gasteiger partial charge in [-0.1, -0.05) is 31.2 Å². The van der Waals surface area contributed by atoms with Crippen LogP contribution >= 0.6 is 0 Å². The highest BCUT2D eigenvalue weighted by Gasteiger charge is 2.36.